The molecule has 168 valence electrons. The van der Waals surface area contributed by atoms with E-state index in [4.69, 9.17) is 9.47 Å². The third kappa shape index (κ3) is 3.21. The molecular formula is C26H30N2O4. The number of rotatable bonds is 6. The van der Waals surface area contributed by atoms with Crippen LogP contribution in [0.25, 0.3) is 10.9 Å². The summed E-state index contributed by atoms with van der Waals surface area (Å²) < 4.78 is 11.7. The van der Waals surface area contributed by atoms with Gasteiger partial charge in [0.1, 0.15) is 5.75 Å². The number of carbonyl (C=O) groups is 1. The Balaban J connectivity index is 1.60. The smallest absolute Gasteiger partial charge is 0.335 e. The molecule has 0 saturated carbocycles. The van der Waals surface area contributed by atoms with Crippen LogP contribution in [0.4, 0.5) is 0 Å². The fraction of sp³-hybridized carbons (Fsp3) is 0.423. The number of carboxylic acids is 1. The van der Waals surface area contributed by atoms with Gasteiger partial charge in [-0.25, -0.2) is 4.79 Å². The highest BCUT2D eigenvalue weighted by Gasteiger charge is 2.52. The minimum absolute atomic E-state index is 0.181. The maximum absolute atomic E-state index is 11.4. The third-order valence-electron chi connectivity index (χ3n) is 7.64. The normalized spacial score (nSPS) is 25.3. The van der Waals surface area contributed by atoms with Gasteiger partial charge in [-0.05, 0) is 68.0 Å². The summed E-state index contributed by atoms with van der Waals surface area (Å²) in [6.45, 7) is 2.88. The molecule has 6 nitrogen and oxygen atoms in total. The number of aromatic carboxylic acids is 1. The number of hydrogen-bond donors (Lipinski definition) is 2. The Morgan fingerprint density at radius 1 is 1.25 bits per heavy atom. The number of methoxy groups -OCH3 is 2. The molecule has 0 amide bonds. The van der Waals surface area contributed by atoms with E-state index in [1.807, 2.05) is 18.3 Å². The molecule has 3 aromatic rings. The highest BCUT2D eigenvalue weighted by atomic mass is 16.5. The van der Waals surface area contributed by atoms with Gasteiger partial charge < -0.3 is 19.6 Å². The van der Waals surface area contributed by atoms with E-state index in [9.17, 15) is 9.90 Å². The van der Waals surface area contributed by atoms with Crippen LogP contribution in [0.2, 0.25) is 0 Å². The quantitative estimate of drug-likeness (QED) is 0.580. The van der Waals surface area contributed by atoms with E-state index in [1.165, 1.54) is 22.1 Å². The van der Waals surface area contributed by atoms with Crippen LogP contribution in [0.15, 0.2) is 42.6 Å². The van der Waals surface area contributed by atoms with Gasteiger partial charge >= 0.3 is 5.97 Å². The number of benzene rings is 2. The highest BCUT2D eigenvalue weighted by Crippen LogP contribution is 2.52. The van der Waals surface area contributed by atoms with Crippen molar-refractivity contribution in [3.8, 4) is 5.75 Å². The second-order valence-corrected chi connectivity index (χ2v) is 9.17. The van der Waals surface area contributed by atoms with Crippen molar-refractivity contribution in [2.24, 2.45) is 0 Å². The Labute approximate surface area is 188 Å². The van der Waals surface area contributed by atoms with Crippen molar-refractivity contribution in [1.82, 2.24) is 9.88 Å². The number of nitrogens with one attached hydrogen (secondary N) is 1. The number of ether oxygens (including phenoxy) is 2. The van der Waals surface area contributed by atoms with Crippen LogP contribution in [-0.4, -0.2) is 47.3 Å². The van der Waals surface area contributed by atoms with Gasteiger partial charge in [-0.3, -0.25) is 4.90 Å². The molecule has 2 N–H and O–H groups in total. The van der Waals surface area contributed by atoms with E-state index < -0.39 is 5.97 Å². The molecular weight excluding hydrogens is 404 g/mol. The van der Waals surface area contributed by atoms with E-state index in [0.717, 1.165) is 43.5 Å². The third-order valence-corrected chi connectivity index (χ3v) is 7.64. The largest absolute Gasteiger partial charge is 0.496 e. The number of aryl methyl sites for hydroxylation is 1. The number of hydrogen-bond acceptors (Lipinski definition) is 4. The topological polar surface area (TPSA) is 74.8 Å². The number of H-pyrrole nitrogens is 1. The molecule has 5 rings (SSSR count). The Hall–Kier alpha value is -2.83. The Morgan fingerprint density at radius 3 is 2.72 bits per heavy atom. The Morgan fingerprint density at radius 2 is 2.03 bits per heavy atom. The molecule has 0 unspecified atom stereocenters. The summed E-state index contributed by atoms with van der Waals surface area (Å²) in [6.07, 6.45) is 6.24. The predicted octanol–water partition coefficient (Wildman–Crippen LogP) is 4.85. The van der Waals surface area contributed by atoms with Gasteiger partial charge in [0.2, 0.25) is 0 Å². The fourth-order valence-electron chi connectivity index (χ4n) is 6.04. The second-order valence-electron chi connectivity index (χ2n) is 9.17. The van der Waals surface area contributed by atoms with Crippen LogP contribution < -0.4 is 4.74 Å². The van der Waals surface area contributed by atoms with Gasteiger partial charge in [0, 0.05) is 47.9 Å². The first-order valence-electron chi connectivity index (χ1n) is 11.2. The maximum Gasteiger partial charge on any atom is 0.335 e. The Kier molecular flexibility index (Phi) is 5.22. The molecule has 2 fully saturated rings. The molecule has 6 heteroatoms. The van der Waals surface area contributed by atoms with Crippen molar-refractivity contribution in [3.63, 3.8) is 0 Å². The SMILES string of the molecule is COc1cc(C)c2[nH]ccc2c1CN1[C@@H]2CC[C@]1(c1ccc(C(=O)O)cc1)C[C@@H](OC)C2. The lowest BCUT2D eigenvalue weighted by atomic mass is 9.79. The summed E-state index contributed by atoms with van der Waals surface area (Å²) in [7, 11) is 3.54. The number of piperidine rings is 1. The highest BCUT2D eigenvalue weighted by molar-refractivity contribution is 5.88. The molecule has 3 atom stereocenters. The van der Waals surface area contributed by atoms with E-state index >= 15 is 0 Å². The van der Waals surface area contributed by atoms with Crippen molar-refractivity contribution in [3.05, 3.63) is 64.8 Å². The minimum atomic E-state index is -0.896. The average Bonchev–Trinajstić information content (AvgIpc) is 3.37. The van der Waals surface area contributed by atoms with Crippen LogP contribution in [-0.2, 0) is 16.8 Å². The molecule has 32 heavy (non-hydrogen) atoms. The van der Waals surface area contributed by atoms with E-state index in [-0.39, 0.29) is 11.6 Å². The molecule has 0 spiro atoms. The first-order chi connectivity index (χ1) is 15.5. The van der Waals surface area contributed by atoms with Gasteiger partial charge in [-0.2, -0.15) is 0 Å². The maximum atomic E-state index is 11.4. The summed E-state index contributed by atoms with van der Waals surface area (Å²) in [5.74, 6) is 0.0205. The molecule has 3 heterocycles. The summed E-state index contributed by atoms with van der Waals surface area (Å²) in [4.78, 5) is 17.4. The van der Waals surface area contributed by atoms with Crippen molar-refractivity contribution < 1.29 is 19.4 Å². The second kappa shape index (κ2) is 7.94. The van der Waals surface area contributed by atoms with Gasteiger partial charge in [-0.1, -0.05) is 12.1 Å². The number of aromatic nitrogens is 1. The van der Waals surface area contributed by atoms with E-state index in [2.05, 4.69) is 28.9 Å². The average molecular weight is 435 g/mol. The van der Waals surface area contributed by atoms with Crippen LogP contribution in [0.3, 0.4) is 0 Å². The molecule has 2 aliphatic rings. The van der Waals surface area contributed by atoms with Crippen molar-refractivity contribution in [1.29, 1.82) is 0 Å². The minimum Gasteiger partial charge on any atom is -0.496 e. The molecule has 0 radical (unpaired) electrons. The van der Waals surface area contributed by atoms with Gasteiger partial charge in [0.25, 0.3) is 0 Å². The van der Waals surface area contributed by atoms with Crippen LogP contribution in [0, 0.1) is 6.92 Å². The lowest BCUT2D eigenvalue weighted by molar-refractivity contribution is -0.0460. The standard InChI is InChI=1S/C26H30N2O4/c1-16-12-23(32-3)22(21-9-11-27-24(16)21)15-28-19-8-10-26(28,14-20(13-19)31-2)18-6-4-17(5-7-18)25(29)30/h4-7,9,11-12,19-20,27H,8,10,13-15H2,1-3H3,(H,29,30)/t19-,20+,26-/m1/s1. The molecule has 1 aromatic heterocycles. The molecule has 2 aromatic carbocycles. The first-order valence-corrected chi connectivity index (χ1v) is 11.2. The summed E-state index contributed by atoms with van der Waals surface area (Å²) in [5.41, 5.74) is 4.83. The van der Waals surface area contributed by atoms with Crippen LogP contribution in [0.1, 0.15) is 52.7 Å². The zero-order valence-electron chi connectivity index (χ0n) is 18.9. The van der Waals surface area contributed by atoms with E-state index in [1.54, 1.807) is 26.4 Å². The zero-order chi connectivity index (χ0) is 22.5. The predicted molar refractivity (Wildman–Crippen MR) is 123 cm³/mol. The molecule has 2 aliphatic heterocycles. The van der Waals surface area contributed by atoms with Gasteiger partial charge in [-0.15, -0.1) is 0 Å². The van der Waals surface area contributed by atoms with Crippen molar-refractivity contribution >= 4 is 16.9 Å². The summed E-state index contributed by atoms with van der Waals surface area (Å²) >= 11 is 0. The number of nitrogens with zero attached hydrogens (tertiary/aromatic N) is 1. The van der Waals surface area contributed by atoms with Crippen LogP contribution >= 0.6 is 0 Å². The monoisotopic (exact) mass is 434 g/mol. The molecule has 0 aliphatic carbocycles. The Bertz CT molecular complexity index is 1150. The van der Waals surface area contributed by atoms with Crippen LogP contribution in [0.5, 0.6) is 5.75 Å². The number of carboxylic acid groups (broad SMARTS) is 1. The molecule has 2 saturated heterocycles. The number of aromatic amines is 1. The van der Waals surface area contributed by atoms with E-state index in [0.29, 0.717) is 11.6 Å². The fourth-order valence-corrected chi connectivity index (χ4v) is 6.04. The van der Waals surface area contributed by atoms with Gasteiger partial charge in [0.15, 0.2) is 0 Å². The summed E-state index contributed by atoms with van der Waals surface area (Å²) in [5, 5.41) is 10.6. The lowest BCUT2D eigenvalue weighted by Gasteiger charge is -2.48. The summed E-state index contributed by atoms with van der Waals surface area (Å²) in [6, 6.07) is 12.1. The number of fused-ring (bicyclic) bond motifs is 3. The first kappa shape index (κ1) is 21.0. The zero-order valence-corrected chi connectivity index (χ0v) is 18.9. The van der Waals surface area contributed by atoms with Crippen molar-refractivity contribution in [2.75, 3.05) is 14.2 Å². The molecule has 2 bridgehead atoms. The lowest BCUT2D eigenvalue weighted by Crippen LogP contribution is -2.52. The van der Waals surface area contributed by atoms with Gasteiger partial charge in [0.05, 0.1) is 18.8 Å². The van der Waals surface area contributed by atoms with Crippen molar-refractivity contribution in [2.45, 2.75) is 56.8 Å².